The lowest BCUT2D eigenvalue weighted by atomic mass is 10.2. The molecule has 2 rings (SSSR count). The van der Waals surface area contributed by atoms with Gasteiger partial charge in [-0.05, 0) is 35.9 Å². The van der Waals surface area contributed by atoms with Gasteiger partial charge < -0.3 is 4.74 Å². The molecule has 112 valence electrons. The fourth-order valence-electron chi connectivity index (χ4n) is 1.70. The summed E-state index contributed by atoms with van der Waals surface area (Å²) >= 11 is 5.84. The number of nitrogens with zero attached hydrogens (tertiary/aromatic N) is 1. The first kappa shape index (κ1) is 15.8. The molecule has 0 bridgehead atoms. The van der Waals surface area contributed by atoms with Gasteiger partial charge in [0.05, 0.1) is 6.21 Å². The second-order valence-electron chi connectivity index (χ2n) is 4.38. The molecule has 0 radical (unpaired) electrons. The zero-order valence-corrected chi connectivity index (χ0v) is 12.6. The fraction of sp³-hybridized carbons (Fsp3) is 0.0588. The third kappa shape index (κ3) is 4.75. The molecule has 0 aromatic heterocycles. The van der Waals surface area contributed by atoms with Crippen molar-refractivity contribution < 1.29 is 9.53 Å². The van der Waals surface area contributed by atoms with Crippen LogP contribution in [0, 0.1) is 0 Å². The summed E-state index contributed by atoms with van der Waals surface area (Å²) in [5.41, 5.74) is 3.72. The second-order valence-corrected chi connectivity index (χ2v) is 4.82. The molecule has 0 saturated carbocycles. The molecule has 0 heterocycles. The number of halogens is 1. The third-order valence-corrected chi connectivity index (χ3v) is 2.93. The van der Waals surface area contributed by atoms with E-state index in [1.165, 1.54) is 0 Å². The predicted molar refractivity (Wildman–Crippen MR) is 88.6 cm³/mol. The van der Waals surface area contributed by atoms with Crippen LogP contribution >= 0.6 is 11.6 Å². The fourth-order valence-corrected chi connectivity index (χ4v) is 1.89. The van der Waals surface area contributed by atoms with Gasteiger partial charge in [-0.25, -0.2) is 5.43 Å². The van der Waals surface area contributed by atoms with Gasteiger partial charge in [-0.3, -0.25) is 4.79 Å². The Kier molecular flexibility index (Phi) is 5.74. The number of benzene rings is 2. The molecule has 0 fully saturated rings. The van der Waals surface area contributed by atoms with E-state index >= 15 is 0 Å². The molecular weight excluding hydrogens is 300 g/mol. The lowest BCUT2D eigenvalue weighted by Gasteiger charge is -2.03. The Hall–Kier alpha value is -2.59. The van der Waals surface area contributed by atoms with Crippen molar-refractivity contribution in [2.75, 3.05) is 6.61 Å². The number of carbonyl (C=O) groups is 1. The van der Waals surface area contributed by atoms with Gasteiger partial charge in [0.2, 0.25) is 0 Å². The highest BCUT2D eigenvalue weighted by Gasteiger charge is 2.03. The number of nitrogens with one attached hydrogen (secondary N) is 1. The second kappa shape index (κ2) is 8.00. The molecule has 0 aliphatic rings. The summed E-state index contributed by atoms with van der Waals surface area (Å²) < 4.78 is 5.42. The van der Waals surface area contributed by atoms with Crippen molar-refractivity contribution in [1.82, 2.24) is 5.43 Å². The molecule has 0 spiro atoms. The standard InChI is InChI=1S/C17H15ClN2O2/c1-2-9-22-16-8-3-5-13(10-16)12-19-20-17(21)14-6-4-7-15(18)11-14/h2-8,10-12H,1,9H2,(H,20,21)/b19-12+. The first-order chi connectivity index (χ1) is 10.7. The van der Waals surface area contributed by atoms with Crippen molar-refractivity contribution in [3.05, 3.63) is 77.3 Å². The quantitative estimate of drug-likeness (QED) is 0.502. The molecule has 1 N–H and O–H groups in total. The Labute approximate surface area is 134 Å². The lowest BCUT2D eigenvalue weighted by molar-refractivity contribution is 0.0955. The van der Waals surface area contributed by atoms with E-state index in [2.05, 4.69) is 17.1 Å². The van der Waals surface area contributed by atoms with Gasteiger partial charge in [-0.2, -0.15) is 5.10 Å². The summed E-state index contributed by atoms with van der Waals surface area (Å²) in [7, 11) is 0. The topological polar surface area (TPSA) is 50.7 Å². The first-order valence-electron chi connectivity index (χ1n) is 6.62. The number of amides is 1. The monoisotopic (exact) mass is 314 g/mol. The molecule has 4 nitrogen and oxygen atoms in total. The lowest BCUT2D eigenvalue weighted by Crippen LogP contribution is -2.17. The van der Waals surface area contributed by atoms with Crippen molar-refractivity contribution in [1.29, 1.82) is 0 Å². The van der Waals surface area contributed by atoms with Gasteiger partial charge >= 0.3 is 0 Å². The zero-order valence-electron chi connectivity index (χ0n) is 11.8. The Morgan fingerprint density at radius 1 is 1.27 bits per heavy atom. The molecule has 2 aromatic rings. The first-order valence-corrected chi connectivity index (χ1v) is 6.99. The van der Waals surface area contributed by atoms with Gasteiger partial charge in [-0.1, -0.05) is 42.5 Å². The van der Waals surface area contributed by atoms with Crippen LogP contribution < -0.4 is 10.2 Å². The minimum Gasteiger partial charge on any atom is -0.490 e. The molecular formula is C17H15ClN2O2. The summed E-state index contributed by atoms with van der Waals surface area (Å²) in [5.74, 6) is 0.392. The van der Waals surface area contributed by atoms with Crippen LogP contribution in [-0.2, 0) is 0 Å². The van der Waals surface area contributed by atoms with Gasteiger partial charge in [-0.15, -0.1) is 0 Å². The average molecular weight is 315 g/mol. The van der Waals surface area contributed by atoms with E-state index in [0.29, 0.717) is 22.9 Å². The maximum Gasteiger partial charge on any atom is 0.271 e. The minimum absolute atomic E-state index is 0.321. The molecule has 5 heteroatoms. The van der Waals surface area contributed by atoms with Crippen LogP contribution in [0.15, 0.2) is 66.3 Å². The summed E-state index contributed by atoms with van der Waals surface area (Å²) in [6.07, 6.45) is 3.22. The maximum absolute atomic E-state index is 11.9. The zero-order chi connectivity index (χ0) is 15.8. The Bertz CT molecular complexity index is 699. The van der Waals surface area contributed by atoms with Crippen LogP contribution in [0.3, 0.4) is 0 Å². The van der Waals surface area contributed by atoms with Crippen molar-refractivity contribution in [2.24, 2.45) is 5.10 Å². The summed E-state index contributed by atoms with van der Waals surface area (Å²) in [4.78, 5) is 11.9. The molecule has 0 saturated heterocycles. The van der Waals surface area contributed by atoms with E-state index in [4.69, 9.17) is 16.3 Å². The van der Waals surface area contributed by atoms with Crippen molar-refractivity contribution in [2.45, 2.75) is 0 Å². The molecule has 0 aliphatic carbocycles. The van der Waals surface area contributed by atoms with Crippen LogP contribution in [0.25, 0.3) is 0 Å². The Balaban J connectivity index is 1.97. The number of rotatable bonds is 6. The van der Waals surface area contributed by atoms with Gasteiger partial charge in [0.15, 0.2) is 0 Å². The van der Waals surface area contributed by atoms with E-state index in [0.717, 1.165) is 5.56 Å². The SMILES string of the molecule is C=CCOc1cccc(/C=N/NC(=O)c2cccc(Cl)c2)c1. The highest BCUT2D eigenvalue weighted by molar-refractivity contribution is 6.30. The molecule has 2 aromatic carbocycles. The molecule has 0 unspecified atom stereocenters. The van der Waals surface area contributed by atoms with Crippen LogP contribution in [0.5, 0.6) is 5.75 Å². The largest absolute Gasteiger partial charge is 0.490 e. The third-order valence-electron chi connectivity index (χ3n) is 2.69. The Morgan fingerprint density at radius 2 is 2.09 bits per heavy atom. The van der Waals surface area contributed by atoms with Gasteiger partial charge in [0.1, 0.15) is 12.4 Å². The summed E-state index contributed by atoms with van der Waals surface area (Å²) in [5, 5.41) is 4.43. The maximum atomic E-state index is 11.9. The van der Waals surface area contributed by atoms with Crippen LogP contribution in [0.4, 0.5) is 0 Å². The van der Waals surface area contributed by atoms with E-state index < -0.39 is 0 Å². The van der Waals surface area contributed by atoms with Gasteiger partial charge in [0.25, 0.3) is 5.91 Å². The van der Waals surface area contributed by atoms with E-state index in [-0.39, 0.29) is 5.91 Å². The average Bonchev–Trinajstić information content (AvgIpc) is 2.53. The van der Waals surface area contributed by atoms with Crippen molar-refractivity contribution in [3.8, 4) is 5.75 Å². The highest BCUT2D eigenvalue weighted by Crippen LogP contribution is 2.12. The summed E-state index contributed by atoms with van der Waals surface area (Å²) in [6, 6.07) is 14.0. The van der Waals surface area contributed by atoms with Crippen molar-refractivity contribution in [3.63, 3.8) is 0 Å². The minimum atomic E-state index is -0.321. The van der Waals surface area contributed by atoms with Crippen LogP contribution in [0.2, 0.25) is 5.02 Å². The van der Waals surface area contributed by atoms with E-state index in [1.807, 2.05) is 24.3 Å². The number of hydrogen-bond acceptors (Lipinski definition) is 3. The van der Waals surface area contributed by atoms with Crippen molar-refractivity contribution >= 4 is 23.7 Å². The normalized spacial score (nSPS) is 10.4. The smallest absolute Gasteiger partial charge is 0.271 e. The molecule has 0 atom stereocenters. The highest BCUT2D eigenvalue weighted by atomic mass is 35.5. The van der Waals surface area contributed by atoms with Gasteiger partial charge in [0, 0.05) is 10.6 Å². The number of ether oxygens (including phenoxy) is 1. The van der Waals surface area contributed by atoms with E-state index in [9.17, 15) is 4.79 Å². The number of hydrazone groups is 1. The molecule has 22 heavy (non-hydrogen) atoms. The molecule has 1 amide bonds. The predicted octanol–water partition coefficient (Wildman–Crippen LogP) is 3.67. The molecule has 0 aliphatic heterocycles. The Morgan fingerprint density at radius 3 is 2.86 bits per heavy atom. The van der Waals surface area contributed by atoms with Crippen LogP contribution in [0.1, 0.15) is 15.9 Å². The number of hydrogen-bond donors (Lipinski definition) is 1. The number of carbonyl (C=O) groups excluding carboxylic acids is 1. The van der Waals surface area contributed by atoms with Crippen LogP contribution in [-0.4, -0.2) is 18.7 Å². The van der Waals surface area contributed by atoms with E-state index in [1.54, 1.807) is 36.6 Å². The summed E-state index contributed by atoms with van der Waals surface area (Å²) in [6.45, 7) is 4.03.